The molecule has 2 rings (SSSR count). The smallest absolute Gasteiger partial charge is 0.121 e. The summed E-state index contributed by atoms with van der Waals surface area (Å²) in [6, 6.07) is 7.12. The Balaban J connectivity index is 2.00. The summed E-state index contributed by atoms with van der Waals surface area (Å²) < 4.78 is 5.35. The maximum absolute atomic E-state index is 5.35. The van der Waals surface area contributed by atoms with Crippen molar-refractivity contribution in [1.82, 2.24) is 10.2 Å². The van der Waals surface area contributed by atoms with Crippen LogP contribution in [-0.2, 0) is 6.54 Å². The van der Waals surface area contributed by atoms with Gasteiger partial charge in [0.2, 0.25) is 0 Å². The lowest BCUT2D eigenvalue weighted by atomic mass is 9.98. The number of aryl methyl sites for hydroxylation is 1. The molecule has 118 valence electrons. The summed E-state index contributed by atoms with van der Waals surface area (Å²) in [5.41, 5.74) is 2.60. The lowest BCUT2D eigenvalue weighted by Crippen LogP contribution is -2.40. The van der Waals surface area contributed by atoms with Gasteiger partial charge in [-0.1, -0.05) is 12.1 Å². The summed E-state index contributed by atoms with van der Waals surface area (Å²) in [6.45, 7) is 11.3. The van der Waals surface area contributed by atoms with Gasteiger partial charge in [0.25, 0.3) is 0 Å². The average molecular weight is 290 g/mol. The molecule has 1 aromatic rings. The Kier molecular flexibility index (Phi) is 6.07. The molecule has 1 fully saturated rings. The lowest BCUT2D eigenvalue weighted by Gasteiger charge is -2.33. The van der Waals surface area contributed by atoms with E-state index in [0.717, 1.165) is 18.2 Å². The minimum atomic E-state index is 0.578. The Morgan fingerprint density at radius 3 is 2.76 bits per heavy atom. The molecule has 0 aliphatic carbocycles. The van der Waals surface area contributed by atoms with E-state index in [0.29, 0.717) is 6.04 Å². The van der Waals surface area contributed by atoms with E-state index in [9.17, 15) is 0 Å². The first-order valence-electron chi connectivity index (χ1n) is 8.18. The van der Waals surface area contributed by atoms with Crippen molar-refractivity contribution >= 4 is 0 Å². The molecule has 0 aromatic heterocycles. The minimum absolute atomic E-state index is 0.578. The van der Waals surface area contributed by atoms with Crippen LogP contribution < -0.4 is 10.1 Å². The Bertz CT molecular complexity index is 439. The molecule has 1 aromatic carbocycles. The number of nitrogens with zero attached hydrogens (tertiary/aromatic N) is 1. The van der Waals surface area contributed by atoms with Gasteiger partial charge in [0.05, 0.1) is 7.11 Å². The van der Waals surface area contributed by atoms with Gasteiger partial charge in [-0.2, -0.15) is 0 Å². The number of hydrogen-bond acceptors (Lipinski definition) is 3. The third-order valence-electron chi connectivity index (χ3n) is 4.47. The van der Waals surface area contributed by atoms with Crippen LogP contribution in [0, 0.1) is 12.8 Å². The standard InChI is InChI=1S/C18H30N2O/c1-14(2)20(13-17-6-5-9-19-11-17)12-16-7-8-18(21-4)15(3)10-16/h7-8,10,14,17,19H,5-6,9,11-13H2,1-4H3. The van der Waals surface area contributed by atoms with E-state index in [-0.39, 0.29) is 0 Å². The first-order chi connectivity index (χ1) is 10.1. The third kappa shape index (κ3) is 4.72. The molecule has 1 saturated heterocycles. The molecule has 0 amide bonds. The molecule has 0 radical (unpaired) electrons. The molecular formula is C18H30N2O. The summed E-state index contributed by atoms with van der Waals surface area (Å²) in [4.78, 5) is 2.60. The van der Waals surface area contributed by atoms with Gasteiger partial charge in [-0.25, -0.2) is 0 Å². The number of nitrogens with one attached hydrogen (secondary N) is 1. The van der Waals surface area contributed by atoms with Gasteiger partial charge in [-0.15, -0.1) is 0 Å². The van der Waals surface area contributed by atoms with Gasteiger partial charge in [0.1, 0.15) is 5.75 Å². The Morgan fingerprint density at radius 2 is 2.19 bits per heavy atom. The van der Waals surface area contributed by atoms with Crippen LogP contribution in [0.1, 0.15) is 37.8 Å². The minimum Gasteiger partial charge on any atom is -0.496 e. The van der Waals surface area contributed by atoms with E-state index < -0.39 is 0 Å². The molecule has 1 aliphatic rings. The van der Waals surface area contributed by atoms with Crippen molar-refractivity contribution in [3.63, 3.8) is 0 Å². The van der Waals surface area contributed by atoms with Gasteiger partial charge in [-0.05, 0) is 69.8 Å². The fraction of sp³-hybridized carbons (Fsp3) is 0.667. The van der Waals surface area contributed by atoms with Crippen LogP contribution in [0.15, 0.2) is 18.2 Å². The number of methoxy groups -OCH3 is 1. The van der Waals surface area contributed by atoms with Gasteiger partial charge >= 0.3 is 0 Å². The highest BCUT2D eigenvalue weighted by Gasteiger charge is 2.19. The molecule has 1 atom stereocenters. The van der Waals surface area contributed by atoms with Gasteiger partial charge in [0, 0.05) is 19.1 Å². The van der Waals surface area contributed by atoms with E-state index in [2.05, 4.69) is 49.2 Å². The largest absolute Gasteiger partial charge is 0.496 e. The molecule has 3 heteroatoms. The first-order valence-corrected chi connectivity index (χ1v) is 8.18. The number of piperidine rings is 1. The van der Waals surface area contributed by atoms with E-state index in [1.54, 1.807) is 7.11 Å². The molecule has 1 unspecified atom stereocenters. The van der Waals surface area contributed by atoms with Crippen LogP contribution >= 0.6 is 0 Å². The summed E-state index contributed by atoms with van der Waals surface area (Å²) >= 11 is 0. The topological polar surface area (TPSA) is 24.5 Å². The zero-order chi connectivity index (χ0) is 15.2. The zero-order valence-corrected chi connectivity index (χ0v) is 14.0. The normalized spacial score (nSPS) is 19.2. The van der Waals surface area contributed by atoms with Crippen molar-refractivity contribution in [1.29, 1.82) is 0 Å². The van der Waals surface area contributed by atoms with Gasteiger partial charge in [-0.3, -0.25) is 4.90 Å². The summed E-state index contributed by atoms with van der Waals surface area (Å²) in [5.74, 6) is 1.77. The fourth-order valence-electron chi connectivity index (χ4n) is 3.14. The van der Waals surface area contributed by atoms with Crippen molar-refractivity contribution in [3.05, 3.63) is 29.3 Å². The van der Waals surface area contributed by atoms with E-state index in [4.69, 9.17) is 4.74 Å². The lowest BCUT2D eigenvalue weighted by molar-refractivity contribution is 0.164. The summed E-state index contributed by atoms with van der Waals surface area (Å²) in [5, 5.41) is 3.52. The van der Waals surface area contributed by atoms with Crippen LogP contribution in [0.4, 0.5) is 0 Å². The van der Waals surface area contributed by atoms with Crippen molar-refractivity contribution < 1.29 is 4.74 Å². The highest BCUT2D eigenvalue weighted by Crippen LogP contribution is 2.21. The van der Waals surface area contributed by atoms with E-state index in [1.807, 2.05) is 0 Å². The molecule has 3 nitrogen and oxygen atoms in total. The maximum atomic E-state index is 5.35. The van der Waals surface area contributed by atoms with Crippen LogP contribution in [0.5, 0.6) is 5.75 Å². The molecule has 1 heterocycles. The van der Waals surface area contributed by atoms with Crippen molar-refractivity contribution in [2.75, 3.05) is 26.7 Å². The quantitative estimate of drug-likeness (QED) is 0.870. The van der Waals surface area contributed by atoms with Gasteiger partial charge < -0.3 is 10.1 Å². The first kappa shape index (κ1) is 16.3. The molecular weight excluding hydrogens is 260 g/mol. The second-order valence-electron chi connectivity index (χ2n) is 6.54. The van der Waals surface area contributed by atoms with Crippen LogP contribution in [0.3, 0.4) is 0 Å². The summed E-state index contributed by atoms with van der Waals surface area (Å²) in [7, 11) is 1.73. The molecule has 1 aliphatic heterocycles. The highest BCUT2D eigenvalue weighted by molar-refractivity contribution is 5.36. The molecule has 21 heavy (non-hydrogen) atoms. The number of benzene rings is 1. The van der Waals surface area contributed by atoms with Crippen molar-refractivity contribution in [2.24, 2.45) is 5.92 Å². The number of hydrogen-bond donors (Lipinski definition) is 1. The Hall–Kier alpha value is -1.06. The van der Waals surface area contributed by atoms with Crippen molar-refractivity contribution in [3.8, 4) is 5.75 Å². The summed E-state index contributed by atoms with van der Waals surface area (Å²) in [6.07, 6.45) is 2.68. The average Bonchev–Trinajstić information content (AvgIpc) is 2.48. The van der Waals surface area contributed by atoms with Crippen LogP contribution in [0.25, 0.3) is 0 Å². The predicted octanol–water partition coefficient (Wildman–Crippen LogP) is 3.21. The third-order valence-corrected chi connectivity index (χ3v) is 4.47. The van der Waals surface area contributed by atoms with Crippen LogP contribution in [-0.4, -0.2) is 37.7 Å². The number of ether oxygens (including phenoxy) is 1. The second-order valence-corrected chi connectivity index (χ2v) is 6.54. The maximum Gasteiger partial charge on any atom is 0.121 e. The fourth-order valence-corrected chi connectivity index (χ4v) is 3.14. The van der Waals surface area contributed by atoms with Crippen LogP contribution in [0.2, 0.25) is 0 Å². The Morgan fingerprint density at radius 1 is 1.38 bits per heavy atom. The SMILES string of the molecule is COc1ccc(CN(CC2CCCNC2)C(C)C)cc1C. The van der Waals surface area contributed by atoms with Gasteiger partial charge in [0.15, 0.2) is 0 Å². The predicted molar refractivity (Wildman–Crippen MR) is 88.9 cm³/mol. The van der Waals surface area contributed by atoms with E-state index in [1.165, 1.54) is 43.6 Å². The second kappa shape index (κ2) is 7.81. The monoisotopic (exact) mass is 290 g/mol. The Labute approximate surface area is 129 Å². The molecule has 0 spiro atoms. The molecule has 0 saturated carbocycles. The number of rotatable bonds is 6. The molecule has 1 N–H and O–H groups in total. The highest BCUT2D eigenvalue weighted by atomic mass is 16.5. The zero-order valence-electron chi connectivity index (χ0n) is 14.0. The molecule has 0 bridgehead atoms. The van der Waals surface area contributed by atoms with E-state index >= 15 is 0 Å². The van der Waals surface area contributed by atoms with Crippen molar-refractivity contribution in [2.45, 2.75) is 46.2 Å².